The normalized spacial score (nSPS) is 9.41. The first-order valence-electron chi connectivity index (χ1n) is 5.14. The number of hydrogen-bond donors (Lipinski definition) is 0. The van der Waals surface area contributed by atoms with Gasteiger partial charge in [-0.05, 0) is 36.4 Å². The van der Waals surface area contributed by atoms with Crippen LogP contribution in [0, 0.1) is 11.3 Å². The fraction of sp³-hybridized carbons (Fsp3) is 0.0714. The predicted molar refractivity (Wildman–Crippen MR) is 64.2 cm³/mol. The third-order valence-corrected chi connectivity index (χ3v) is 2.26. The minimum absolute atomic E-state index is 0.614. The Morgan fingerprint density at radius 2 is 1.65 bits per heavy atom. The Hall–Kier alpha value is -2.47. The smallest absolute Gasteiger partial charge is 0.131 e. The Labute approximate surface area is 99.8 Å². The average molecular weight is 225 g/mol. The molecule has 0 aliphatic heterocycles. The highest BCUT2D eigenvalue weighted by molar-refractivity contribution is 5.39. The summed E-state index contributed by atoms with van der Waals surface area (Å²) in [5.41, 5.74) is 0.614. The number of nitrogens with zero attached hydrogens (tertiary/aromatic N) is 1. The van der Waals surface area contributed by atoms with E-state index in [0.717, 1.165) is 5.75 Å². The summed E-state index contributed by atoms with van der Waals surface area (Å²) in [6.07, 6.45) is 0. The second kappa shape index (κ2) is 5.04. The second-order valence-corrected chi connectivity index (χ2v) is 3.42. The Balaban J connectivity index is 2.16. The Bertz CT molecular complexity index is 541. The summed E-state index contributed by atoms with van der Waals surface area (Å²) >= 11 is 0. The Kier molecular flexibility index (Phi) is 3.27. The summed E-state index contributed by atoms with van der Waals surface area (Å²) in [6.45, 7) is 0. The predicted octanol–water partition coefficient (Wildman–Crippen LogP) is 3.36. The summed E-state index contributed by atoms with van der Waals surface area (Å²) in [5.74, 6) is 2.14. The zero-order valence-corrected chi connectivity index (χ0v) is 9.38. The molecule has 3 heteroatoms. The molecule has 2 rings (SSSR count). The van der Waals surface area contributed by atoms with E-state index in [2.05, 4.69) is 6.07 Å². The summed E-state index contributed by atoms with van der Waals surface area (Å²) in [4.78, 5) is 0. The molecule has 0 aromatic heterocycles. The number of hydrogen-bond acceptors (Lipinski definition) is 3. The minimum atomic E-state index is 0.614. The largest absolute Gasteiger partial charge is 0.497 e. The van der Waals surface area contributed by atoms with Gasteiger partial charge in [0.05, 0.1) is 18.7 Å². The van der Waals surface area contributed by atoms with Gasteiger partial charge in [-0.3, -0.25) is 0 Å². The number of benzene rings is 2. The van der Waals surface area contributed by atoms with E-state index in [4.69, 9.17) is 14.7 Å². The van der Waals surface area contributed by atoms with Gasteiger partial charge in [0, 0.05) is 6.07 Å². The molecular weight excluding hydrogens is 214 g/mol. The van der Waals surface area contributed by atoms with E-state index in [1.54, 1.807) is 37.4 Å². The standard InChI is InChI=1S/C14H11NO2/c1-16-13-3-2-4-14(9-13)17-12-7-5-11(10-15)6-8-12/h2-9H,1H3. The molecule has 0 bridgehead atoms. The maximum atomic E-state index is 8.68. The lowest BCUT2D eigenvalue weighted by Gasteiger charge is -2.06. The second-order valence-electron chi connectivity index (χ2n) is 3.42. The maximum Gasteiger partial charge on any atom is 0.131 e. The summed E-state index contributed by atoms with van der Waals surface area (Å²) < 4.78 is 10.7. The molecule has 0 saturated heterocycles. The zero-order chi connectivity index (χ0) is 12.1. The van der Waals surface area contributed by atoms with Crippen molar-refractivity contribution in [2.45, 2.75) is 0 Å². The van der Waals surface area contributed by atoms with Gasteiger partial charge in [0.1, 0.15) is 17.2 Å². The van der Waals surface area contributed by atoms with Crippen molar-refractivity contribution in [1.29, 1.82) is 5.26 Å². The van der Waals surface area contributed by atoms with E-state index in [-0.39, 0.29) is 0 Å². The van der Waals surface area contributed by atoms with Gasteiger partial charge in [-0.25, -0.2) is 0 Å². The number of rotatable bonds is 3. The fourth-order valence-corrected chi connectivity index (χ4v) is 1.40. The highest BCUT2D eigenvalue weighted by Crippen LogP contribution is 2.25. The lowest BCUT2D eigenvalue weighted by atomic mass is 10.2. The first-order chi connectivity index (χ1) is 8.31. The van der Waals surface area contributed by atoms with Crippen molar-refractivity contribution in [3.05, 3.63) is 54.1 Å². The molecule has 0 unspecified atom stereocenters. The summed E-state index contributed by atoms with van der Waals surface area (Å²) in [6, 6.07) is 16.4. The quantitative estimate of drug-likeness (QED) is 0.804. The van der Waals surface area contributed by atoms with Crippen LogP contribution in [0.5, 0.6) is 17.2 Å². The van der Waals surface area contributed by atoms with Crippen LogP contribution in [0.3, 0.4) is 0 Å². The van der Waals surface area contributed by atoms with Crippen LogP contribution in [0.15, 0.2) is 48.5 Å². The molecule has 0 spiro atoms. The van der Waals surface area contributed by atoms with Crippen LogP contribution in [0.25, 0.3) is 0 Å². The molecule has 0 amide bonds. The van der Waals surface area contributed by atoms with Crippen LogP contribution < -0.4 is 9.47 Å². The molecule has 2 aromatic rings. The van der Waals surface area contributed by atoms with E-state index in [1.165, 1.54) is 0 Å². The van der Waals surface area contributed by atoms with Crippen LogP contribution in [0.2, 0.25) is 0 Å². The Morgan fingerprint density at radius 3 is 2.29 bits per heavy atom. The number of nitriles is 1. The van der Waals surface area contributed by atoms with E-state index >= 15 is 0 Å². The fourth-order valence-electron chi connectivity index (χ4n) is 1.40. The van der Waals surface area contributed by atoms with Gasteiger partial charge in [0.15, 0.2) is 0 Å². The van der Waals surface area contributed by atoms with Gasteiger partial charge >= 0.3 is 0 Å². The molecule has 0 atom stereocenters. The molecule has 0 saturated carbocycles. The molecule has 0 aliphatic carbocycles. The average Bonchev–Trinajstić information content (AvgIpc) is 2.40. The van der Waals surface area contributed by atoms with Crippen molar-refractivity contribution in [3.63, 3.8) is 0 Å². The van der Waals surface area contributed by atoms with E-state index in [9.17, 15) is 0 Å². The van der Waals surface area contributed by atoms with E-state index < -0.39 is 0 Å². The SMILES string of the molecule is COc1cccc(Oc2ccc(C#N)cc2)c1. The van der Waals surface area contributed by atoms with Gasteiger partial charge in [-0.1, -0.05) is 6.07 Å². The molecule has 0 fully saturated rings. The minimum Gasteiger partial charge on any atom is -0.497 e. The molecule has 2 aromatic carbocycles. The third kappa shape index (κ3) is 2.76. The topological polar surface area (TPSA) is 42.2 Å². The van der Waals surface area contributed by atoms with Gasteiger partial charge in [0.2, 0.25) is 0 Å². The van der Waals surface area contributed by atoms with Crippen molar-refractivity contribution in [2.24, 2.45) is 0 Å². The lowest BCUT2D eigenvalue weighted by Crippen LogP contribution is -1.86. The maximum absolute atomic E-state index is 8.68. The molecule has 17 heavy (non-hydrogen) atoms. The van der Waals surface area contributed by atoms with Crippen LogP contribution in [-0.2, 0) is 0 Å². The van der Waals surface area contributed by atoms with Gasteiger partial charge in [-0.15, -0.1) is 0 Å². The van der Waals surface area contributed by atoms with Gasteiger partial charge < -0.3 is 9.47 Å². The molecule has 84 valence electrons. The summed E-state index contributed by atoms with van der Waals surface area (Å²) in [5, 5.41) is 8.68. The molecule has 3 nitrogen and oxygen atoms in total. The van der Waals surface area contributed by atoms with Crippen molar-refractivity contribution in [2.75, 3.05) is 7.11 Å². The monoisotopic (exact) mass is 225 g/mol. The van der Waals surface area contributed by atoms with E-state index in [0.29, 0.717) is 17.1 Å². The summed E-state index contributed by atoms with van der Waals surface area (Å²) in [7, 11) is 1.61. The van der Waals surface area contributed by atoms with Crippen LogP contribution >= 0.6 is 0 Å². The molecule has 0 radical (unpaired) electrons. The van der Waals surface area contributed by atoms with E-state index in [1.807, 2.05) is 18.2 Å². The molecule has 0 N–H and O–H groups in total. The van der Waals surface area contributed by atoms with Crippen LogP contribution in [-0.4, -0.2) is 7.11 Å². The van der Waals surface area contributed by atoms with Crippen molar-refractivity contribution >= 4 is 0 Å². The highest BCUT2D eigenvalue weighted by Gasteiger charge is 1.99. The Morgan fingerprint density at radius 1 is 0.941 bits per heavy atom. The van der Waals surface area contributed by atoms with Gasteiger partial charge in [-0.2, -0.15) is 5.26 Å². The lowest BCUT2D eigenvalue weighted by molar-refractivity contribution is 0.409. The molecular formula is C14H11NO2. The van der Waals surface area contributed by atoms with Crippen LogP contribution in [0.1, 0.15) is 5.56 Å². The van der Waals surface area contributed by atoms with Crippen molar-refractivity contribution in [3.8, 4) is 23.3 Å². The van der Waals surface area contributed by atoms with Crippen LogP contribution in [0.4, 0.5) is 0 Å². The zero-order valence-electron chi connectivity index (χ0n) is 9.38. The van der Waals surface area contributed by atoms with Crippen molar-refractivity contribution < 1.29 is 9.47 Å². The van der Waals surface area contributed by atoms with Gasteiger partial charge in [0.25, 0.3) is 0 Å². The number of methoxy groups -OCH3 is 1. The highest BCUT2D eigenvalue weighted by atomic mass is 16.5. The molecule has 0 aliphatic rings. The molecule has 0 heterocycles. The first kappa shape index (κ1) is 11.0. The first-order valence-corrected chi connectivity index (χ1v) is 5.14. The third-order valence-electron chi connectivity index (χ3n) is 2.26. The van der Waals surface area contributed by atoms with Crippen molar-refractivity contribution in [1.82, 2.24) is 0 Å². The number of ether oxygens (including phenoxy) is 2.